The largest absolute Gasteiger partial charge is 0.351 e. The Morgan fingerprint density at radius 3 is 2.28 bits per heavy atom. The van der Waals surface area contributed by atoms with Crippen LogP contribution in [0.1, 0.15) is 81.6 Å². The van der Waals surface area contributed by atoms with Gasteiger partial charge in [-0.3, -0.25) is 9.59 Å². The lowest BCUT2D eigenvalue weighted by molar-refractivity contribution is -0.133. The summed E-state index contributed by atoms with van der Waals surface area (Å²) in [6.07, 6.45) is 11.6. The van der Waals surface area contributed by atoms with E-state index in [0.29, 0.717) is 18.8 Å². The summed E-state index contributed by atoms with van der Waals surface area (Å²) < 4.78 is 2.08. The number of hydrogen-bond donors (Lipinski definition) is 1. The zero-order valence-electron chi connectivity index (χ0n) is 21.9. The maximum atomic E-state index is 14.0. The second kappa shape index (κ2) is 11.2. The summed E-state index contributed by atoms with van der Waals surface area (Å²) in [5.74, 6) is -0.0267. The third-order valence-corrected chi connectivity index (χ3v) is 8.56. The summed E-state index contributed by atoms with van der Waals surface area (Å²) in [5.41, 5.74) is 1.84. The minimum atomic E-state index is -0.917. The molecule has 3 aliphatic rings. The van der Waals surface area contributed by atoms with E-state index in [4.69, 9.17) is 0 Å². The van der Waals surface area contributed by atoms with E-state index in [0.717, 1.165) is 50.2 Å². The molecule has 6 heteroatoms. The van der Waals surface area contributed by atoms with Gasteiger partial charge in [0.05, 0.1) is 6.54 Å². The molecule has 1 saturated carbocycles. The van der Waals surface area contributed by atoms with Gasteiger partial charge in [-0.15, -0.1) is 0 Å². The number of carbonyl (C=O) groups excluding carboxylic acids is 2. The first kappa shape index (κ1) is 25.1. The van der Waals surface area contributed by atoms with E-state index in [2.05, 4.69) is 26.9 Å². The van der Waals surface area contributed by atoms with Gasteiger partial charge in [-0.2, -0.15) is 0 Å². The van der Waals surface area contributed by atoms with Crippen molar-refractivity contribution in [1.29, 1.82) is 0 Å². The van der Waals surface area contributed by atoms with Crippen LogP contribution in [0.4, 0.5) is 0 Å². The fourth-order valence-electron chi connectivity index (χ4n) is 6.38. The van der Waals surface area contributed by atoms with E-state index in [-0.39, 0.29) is 17.9 Å². The van der Waals surface area contributed by atoms with Crippen LogP contribution in [-0.4, -0.2) is 63.9 Å². The van der Waals surface area contributed by atoms with Crippen LogP contribution in [0.3, 0.4) is 0 Å². The van der Waals surface area contributed by atoms with E-state index in [1.165, 1.54) is 44.9 Å². The smallest absolute Gasteiger partial charge is 0.271 e. The minimum Gasteiger partial charge on any atom is -0.351 e. The van der Waals surface area contributed by atoms with Crippen LogP contribution in [0.15, 0.2) is 42.5 Å². The predicted octanol–water partition coefficient (Wildman–Crippen LogP) is 5.08. The number of likely N-dealkylation sites (tertiary alicyclic amines) is 1. The second-order valence-corrected chi connectivity index (χ2v) is 11.2. The van der Waals surface area contributed by atoms with Crippen LogP contribution in [-0.2, 0) is 11.3 Å². The number of aromatic nitrogens is 1. The molecule has 3 heterocycles. The number of benzene rings is 1. The monoisotopic (exact) mass is 490 g/mol. The van der Waals surface area contributed by atoms with Gasteiger partial charge in [0.25, 0.3) is 5.91 Å². The highest BCUT2D eigenvalue weighted by Crippen LogP contribution is 2.33. The van der Waals surface area contributed by atoms with Gasteiger partial charge in [0.15, 0.2) is 0 Å². The molecule has 1 aromatic heterocycles. The fraction of sp³-hybridized carbons (Fsp3) is 0.600. The van der Waals surface area contributed by atoms with Crippen molar-refractivity contribution in [2.75, 3.05) is 26.2 Å². The summed E-state index contributed by atoms with van der Waals surface area (Å²) in [6, 6.07) is 14.4. The van der Waals surface area contributed by atoms with E-state index in [9.17, 15) is 9.59 Å². The van der Waals surface area contributed by atoms with Gasteiger partial charge in [-0.05, 0) is 76.4 Å². The highest BCUT2D eigenvalue weighted by molar-refractivity contribution is 6.00. The first-order valence-electron chi connectivity index (χ1n) is 14.2. The molecule has 2 aliphatic heterocycles. The Morgan fingerprint density at radius 2 is 1.56 bits per heavy atom. The van der Waals surface area contributed by atoms with Crippen LogP contribution >= 0.6 is 0 Å². The molecule has 2 aromatic rings. The Bertz CT molecular complexity index is 1030. The molecule has 194 valence electrons. The van der Waals surface area contributed by atoms with Crippen molar-refractivity contribution in [3.63, 3.8) is 0 Å². The van der Waals surface area contributed by atoms with Crippen LogP contribution in [0.2, 0.25) is 0 Å². The molecule has 2 fully saturated rings. The number of fused-ring (bicyclic) bond motifs is 1. The lowest BCUT2D eigenvalue weighted by Crippen LogP contribution is -2.65. The molecular formula is C30H42N4O2. The molecule has 0 bridgehead atoms. The average molecular weight is 491 g/mol. The highest BCUT2D eigenvalue weighted by atomic mass is 16.2. The third-order valence-electron chi connectivity index (χ3n) is 8.56. The zero-order valence-corrected chi connectivity index (χ0v) is 21.9. The van der Waals surface area contributed by atoms with Gasteiger partial charge in [0, 0.05) is 18.3 Å². The van der Waals surface area contributed by atoms with Crippen LogP contribution < -0.4 is 5.32 Å². The molecule has 0 spiro atoms. The van der Waals surface area contributed by atoms with E-state index in [1.54, 1.807) is 0 Å². The van der Waals surface area contributed by atoms with Gasteiger partial charge < -0.3 is 19.7 Å². The first-order chi connectivity index (χ1) is 17.6. The van der Waals surface area contributed by atoms with Gasteiger partial charge >= 0.3 is 0 Å². The lowest BCUT2D eigenvalue weighted by Gasteiger charge is -2.45. The number of rotatable bonds is 7. The van der Waals surface area contributed by atoms with Gasteiger partial charge in [-0.25, -0.2) is 0 Å². The number of hydrogen-bond acceptors (Lipinski definition) is 3. The van der Waals surface area contributed by atoms with Crippen LogP contribution in [0, 0.1) is 0 Å². The average Bonchev–Trinajstić information content (AvgIpc) is 3.53. The molecular weight excluding hydrogens is 448 g/mol. The van der Waals surface area contributed by atoms with Crippen molar-refractivity contribution in [1.82, 2.24) is 19.7 Å². The molecule has 1 N–H and O–H groups in total. The SMILES string of the molecule is CC1(C(=O)NC2CCCCCCC2)Cn2c(ccc2-c2ccccc2)C(=O)N1CCCN1CCCC1. The van der Waals surface area contributed by atoms with Crippen molar-refractivity contribution < 1.29 is 9.59 Å². The van der Waals surface area contributed by atoms with Crippen molar-refractivity contribution in [2.24, 2.45) is 0 Å². The maximum absolute atomic E-state index is 14.0. The Labute approximate surface area is 216 Å². The van der Waals surface area contributed by atoms with E-state index < -0.39 is 5.54 Å². The second-order valence-electron chi connectivity index (χ2n) is 11.2. The van der Waals surface area contributed by atoms with Crippen molar-refractivity contribution in [3.05, 3.63) is 48.2 Å². The van der Waals surface area contributed by atoms with Crippen LogP contribution in [0.5, 0.6) is 0 Å². The summed E-state index contributed by atoms with van der Waals surface area (Å²) >= 11 is 0. The topological polar surface area (TPSA) is 57.6 Å². The number of amides is 2. The fourth-order valence-corrected chi connectivity index (χ4v) is 6.38. The van der Waals surface area contributed by atoms with Gasteiger partial charge in [0.1, 0.15) is 11.2 Å². The highest BCUT2D eigenvalue weighted by Gasteiger charge is 2.48. The molecule has 1 aliphatic carbocycles. The summed E-state index contributed by atoms with van der Waals surface area (Å²) in [5, 5.41) is 3.40. The van der Waals surface area contributed by atoms with Gasteiger partial charge in [-0.1, -0.05) is 62.4 Å². The molecule has 1 unspecified atom stereocenters. The Morgan fingerprint density at radius 1 is 0.889 bits per heavy atom. The van der Waals surface area contributed by atoms with E-state index in [1.807, 2.05) is 42.2 Å². The summed E-state index contributed by atoms with van der Waals surface area (Å²) in [7, 11) is 0. The quantitative estimate of drug-likeness (QED) is 0.589. The Balaban J connectivity index is 1.41. The van der Waals surface area contributed by atoms with Crippen LogP contribution in [0.25, 0.3) is 11.3 Å². The summed E-state index contributed by atoms with van der Waals surface area (Å²) in [4.78, 5) is 32.3. The molecule has 1 saturated heterocycles. The molecule has 36 heavy (non-hydrogen) atoms. The number of carbonyl (C=O) groups is 2. The Kier molecular flexibility index (Phi) is 7.80. The Hall–Kier alpha value is -2.60. The number of nitrogens with zero attached hydrogens (tertiary/aromatic N) is 3. The normalized spacial score (nSPS) is 23.8. The molecule has 0 radical (unpaired) electrons. The third kappa shape index (κ3) is 5.24. The van der Waals surface area contributed by atoms with E-state index >= 15 is 0 Å². The molecule has 5 rings (SSSR count). The molecule has 6 nitrogen and oxygen atoms in total. The number of nitrogens with one attached hydrogen (secondary N) is 1. The maximum Gasteiger partial charge on any atom is 0.271 e. The first-order valence-corrected chi connectivity index (χ1v) is 14.2. The molecule has 2 amide bonds. The summed E-state index contributed by atoms with van der Waals surface area (Å²) in [6.45, 7) is 6.35. The molecule has 1 aromatic carbocycles. The minimum absolute atomic E-state index is 0.000887. The van der Waals surface area contributed by atoms with Crippen molar-refractivity contribution in [2.45, 2.75) is 89.3 Å². The molecule has 1 atom stereocenters. The standard InChI is InChI=1S/C30H42N4O2/c1-30(29(36)31-25-15-8-3-2-4-9-16-25)23-33-26(24-13-6-5-7-14-24)17-18-27(33)28(35)34(30)22-12-21-32-19-10-11-20-32/h5-7,13-14,17-18,25H,2-4,8-12,15-16,19-23H2,1H3,(H,31,36). The van der Waals surface area contributed by atoms with Gasteiger partial charge in [0.2, 0.25) is 5.91 Å². The van der Waals surface area contributed by atoms with Crippen molar-refractivity contribution in [3.8, 4) is 11.3 Å². The lowest BCUT2D eigenvalue weighted by atomic mass is 9.91. The zero-order chi connectivity index (χ0) is 25.0. The van der Waals surface area contributed by atoms with Crippen molar-refractivity contribution >= 4 is 11.8 Å². The predicted molar refractivity (Wildman–Crippen MR) is 144 cm³/mol.